The number of amides is 1. The highest BCUT2D eigenvalue weighted by atomic mass is 16.5. The zero-order valence-electron chi connectivity index (χ0n) is 18.1. The van der Waals surface area contributed by atoms with Crippen molar-refractivity contribution in [2.24, 2.45) is 0 Å². The number of hydrogen-bond donors (Lipinski definition) is 0. The van der Waals surface area contributed by atoms with Gasteiger partial charge in [0.05, 0.1) is 6.61 Å². The smallest absolute Gasteiger partial charge is 0.246 e. The molecule has 1 amide bonds. The molecule has 0 unspecified atom stereocenters. The Bertz CT molecular complexity index is 979. The number of carbonyl (C=O) groups is 1. The first-order valence-electron chi connectivity index (χ1n) is 11.2. The number of hydrogen-bond acceptors (Lipinski definition) is 3. The third-order valence-corrected chi connectivity index (χ3v) is 6.69. The molecule has 2 aromatic rings. The average molecular weight is 406 g/mol. The molecular formula is C25H31N3O2. The number of benzene rings is 1. The molecule has 3 heterocycles. The Morgan fingerprint density at radius 3 is 2.70 bits per heavy atom. The van der Waals surface area contributed by atoms with Gasteiger partial charge in [-0.05, 0) is 61.6 Å². The summed E-state index contributed by atoms with van der Waals surface area (Å²) in [6.45, 7) is 9.50. The van der Waals surface area contributed by atoms with Gasteiger partial charge in [-0.2, -0.15) is 0 Å². The van der Waals surface area contributed by atoms with Crippen molar-refractivity contribution in [3.05, 3.63) is 58.4 Å². The van der Waals surface area contributed by atoms with Crippen LogP contribution in [-0.2, 0) is 17.8 Å². The summed E-state index contributed by atoms with van der Waals surface area (Å²) in [5.74, 6) is 1.17. The van der Waals surface area contributed by atoms with Crippen LogP contribution in [-0.4, -0.2) is 53.1 Å². The molecule has 0 atom stereocenters. The predicted molar refractivity (Wildman–Crippen MR) is 119 cm³/mol. The van der Waals surface area contributed by atoms with Crippen molar-refractivity contribution in [2.75, 3.05) is 32.8 Å². The van der Waals surface area contributed by atoms with Gasteiger partial charge in [-0.1, -0.05) is 12.1 Å². The molecule has 3 aliphatic rings. The number of ether oxygens (including phenoxy) is 1. The summed E-state index contributed by atoms with van der Waals surface area (Å²) < 4.78 is 8.03. The summed E-state index contributed by atoms with van der Waals surface area (Å²) >= 11 is 0. The van der Waals surface area contributed by atoms with Gasteiger partial charge in [0.2, 0.25) is 5.91 Å². The van der Waals surface area contributed by atoms with Crippen LogP contribution in [0.25, 0.3) is 6.08 Å². The van der Waals surface area contributed by atoms with Crippen molar-refractivity contribution in [1.29, 1.82) is 0 Å². The van der Waals surface area contributed by atoms with Crippen LogP contribution in [0.5, 0.6) is 5.75 Å². The van der Waals surface area contributed by atoms with E-state index in [4.69, 9.17) is 4.74 Å². The summed E-state index contributed by atoms with van der Waals surface area (Å²) in [6.07, 6.45) is 7.34. The fourth-order valence-electron chi connectivity index (χ4n) is 4.86. The van der Waals surface area contributed by atoms with Crippen LogP contribution < -0.4 is 4.74 Å². The molecule has 0 bridgehead atoms. The Hall–Kier alpha value is -2.53. The summed E-state index contributed by atoms with van der Waals surface area (Å²) in [5.41, 5.74) is 6.42. The van der Waals surface area contributed by atoms with E-state index in [2.05, 4.69) is 47.6 Å². The van der Waals surface area contributed by atoms with E-state index >= 15 is 0 Å². The van der Waals surface area contributed by atoms with Crippen LogP contribution in [0.1, 0.15) is 47.0 Å². The zero-order valence-corrected chi connectivity index (χ0v) is 18.1. The number of carbonyl (C=O) groups excluding carboxylic acids is 1. The van der Waals surface area contributed by atoms with Crippen LogP contribution in [0.2, 0.25) is 0 Å². The first-order valence-corrected chi connectivity index (χ1v) is 11.2. The van der Waals surface area contributed by atoms with Gasteiger partial charge < -0.3 is 14.2 Å². The zero-order chi connectivity index (χ0) is 20.7. The summed E-state index contributed by atoms with van der Waals surface area (Å²) in [5, 5.41) is 0. The predicted octanol–water partition coefficient (Wildman–Crippen LogP) is 3.73. The Labute approximate surface area is 178 Å². The number of aryl methyl sites for hydroxylation is 1. The molecule has 30 heavy (non-hydrogen) atoms. The van der Waals surface area contributed by atoms with Crippen molar-refractivity contribution in [3.63, 3.8) is 0 Å². The van der Waals surface area contributed by atoms with Gasteiger partial charge in [0, 0.05) is 62.7 Å². The van der Waals surface area contributed by atoms with Gasteiger partial charge in [0.25, 0.3) is 0 Å². The van der Waals surface area contributed by atoms with Crippen LogP contribution in [0.15, 0.2) is 30.3 Å². The fraction of sp³-hybridized carbons (Fsp3) is 0.480. The molecule has 5 rings (SSSR count). The lowest BCUT2D eigenvalue weighted by Gasteiger charge is -2.34. The Morgan fingerprint density at radius 2 is 1.93 bits per heavy atom. The van der Waals surface area contributed by atoms with Crippen molar-refractivity contribution in [1.82, 2.24) is 14.4 Å². The van der Waals surface area contributed by atoms with Crippen LogP contribution in [0.4, 0.5) is 0 Å². The normalized spacial score (nSPS) is 19.3. The SMILES string of the molecule is Cc1cc(/C=C/C(=O)N2CCN(Cc3ccc4c(c3)CCO4)CC2)c(C)n1C1CC1. The second kappa shape index (κ2) is 7.95. The van der Waals surface area contributed by atoms with Crippen molar-refractivity contribution >= 4 is 12.0 Å². The number of aromatic nitrogens is 1. The molecule has 1 aromatic heterocycles. The highest BCUT2D eigenvalue weighted by Gasteiger charge is 2.26. The van der Waals surface area contributed by atoms with E-state index in [0.717, 1.165) is 51.5 Å². The summed E-state index contributed by atoms with van der Waals surface area (Å²) in [6, 6.07) is 9.43. The second-order valence-corrected chi connectivity index (χ2v) is 8.90. The lowest BCUT2D eigenvalue weighted by molar-refractivity contribution is -0.127. The molecule has 1 saturated carbocycles. The molecule has 0 spiro atoms. The van der Waals surface area contributed by atoms with Crippen LogP contribution in [0.3, 0.4) is 0 Å². The first kappa shape index (κ1) is 19.4. The number of piperazine rings is 1. The molecule has 0 N–H and O–H groups in total. The van der Waals surface area contributed by atoms with E-state index in [-0.39, 0.29) is 5.91 Å². The van der Waals surface area contributed by atoms with Gasteiger partial charge in [-0.15, -0.1) is 0 Å². The Kier molecular flexibility index (Phi) is 5.15. The van der Waals surface area contributed by atoms with E-state index in [9.17, 15) is 4.79 Å². The molecule has 2 aliphatic heterocycles. The molecule has 5 heteroatoms. The van der Waals surface area contributed by atoms with Crippen LogP contribution in [0, 0.1) is 13.8 Å². The molecule has 158 valence electrons. The molecule has 5 nitrogen and oxygen atoms in total. The first-order chi connectivity index (χ1) is 14.6. The number of nitrogens with zero attached hydrogens (tertiary/aromatic N) is 3. The number of fused-ring (bicyclic) bond motifs is 1. The van der Waals surface area contributed by atoms with Gasteiger partial charge in [-0.3, -0.25) is 9.69 Å². The van der Waals surface area contributed by atoms with E-state index in [1.54, 1.807) is 6.08 Å². The van der Waals surface area contributed by atoms with Gasteiger partial charge in [0.1, 0.15) is 5.75 Å². The summed E-state index contributed by atoms with van der Waals surface area (Å²) in [7, 11) is 0. The molecule has 1 aromatic carbocycles. The quantitative estimate of drug-likeness (QED) is 0.712. The van der Waals surface area contributed by atoms with Crippen molar-refractivity contribution in [2.45, 2.75) is 45.7 Å². The highest BCUT2D eigenvalue weighted by Crippen LogP contribution is 2.38. The summed E-state index contributed by atoms with van der Waals surface area (Å²) in [4.78, 5) is 17.1. The van der Waals surface area contributed by atoms with E-state index in [1.165, 1.54) is 40.9 Å². The second-order valence-electron chi connectivity index (χ2n) is 8.90. The van der Waals surface area contributed by atoms with Gasteiger partial charge in [-0.25, -0.2) is 0 Å². The van der Waals surface area contributed by atoms with Crippen molar-refractivity contribution < 1.29 is 9.53 Å². The standard InChI is InChI=1S/C25H31N3O2/c1-18-15-21(19(2)28(18)23-5-6-23)4-8-25(29)27-12-10-26(11-13-27)17-20-3-7-24-22(16-20)9-14-30-24/h3-4,7-8,15-16,23H,5-6,9-14,17H2,1-2H3/b8-4+. The third-order valence-electron chi connectivity index (χ3n) is 6.69. The monoisotopic (exact) mass is 405 g/mol. The van der Waals surface area contributed by atoms with E-state index in [0.29, 0.717) is 6.04 Å². The molecule has 0 radical (unpaired) electrons. The maximum Gasteiger partial charge on any atom is 0.246 e. The van der Waals surface area contributed by atoms with Gasteiger partial charge in [0.15, 0.2) is 0 Å². The molecule has 1 saturated heterocycles. The topological polar surface area (TPSA) is 37.7 Å². The van der Waals surface area contributed by atoms with E-state index < -0.39 is 0 Å². The lowest BCUT2D eigenvalue weighted by atomic mass is 10.1. The molecular weight excluding hydrogens is 374 g/mol. The minimum absolute atomic E-state index is 0.126. The number of rotatable bonds is 5. The minimum atomic E-state index is 0.126. The van der Waals surface area contributed by atoms with E-state index in [1.807, 2.05) is 11.0 Å². The third kappa shape index (κ3) is 3.91. The largest absolute Gasteiger partial charge is 0.493 e. The minimum Gasteiger partial charge on any atom is -0.493 e. The van der Waals surface area contributed by atoms with Crippen LogP contribution >= 0.6 is 0 Å². The Morgan fingerprint density at radius 1 is 1.13 bits per heavy atom. The Balaban J connectivity index is 1.15. The maximum absolute atomic E-state index is 12.7. The molecule has 2 fully saturated rings. The average Bonchev–Trinajstić information content (AvgIpc) is 3.39. The highest BCUT2D eigenvalue weighted by molar-refractivity contribution is 5.92. The fourth-order valence-corrected chi connectivity index (χ4v) is 4.86. The lowest BCUT2D eigenvalue weighted by Crippen LogP contribution is -2.47. The maximum atomic E-state index is 12.7. The van der Waals surface area contributed by atoms with Crippen molar-refractivity contribution in [3.8, 4) is 5.75 Å². The molecule has 1 aliphatic carbocycles. The van der Waals surface area contributed by atoms with Gasteiger partial charge >= 0.3 is 0 Å².